The third-order valence-corrected chi connectivity index (χ3v) is 3.16. The van der Waals surface area contributed by atoms with Crippen LogP contribution in [0.2, 0.25) is 0 Å². The summed E-state index contributed by atoms with van der Waals surface area (Å²) >= 11 is 0. The van der Waals surface area contributed by atoms with E-state index in [2.05, 4.69) is 5.32 Å². The average molecular weight is 277 g/mol. The van der Waals surface area contributed by atoms with Crippen LogP contribution in [0.15, 0.2) is 24.3 Å². The van der Waals surface area contributed by atoms with Gasteiger partial charge in [-0.15, -0.1) is 0 Å². The van der Waals surface area contributed by atoms with Crippen molar-refractivity contribution >= 4 is 17.5 Å². The second kappa shape index (κ2) is 6.41. The molecule has 0 radical (unpaired) electrons. The molecule has 5 heteroatoms. The molecular formula is C15H23N3O2. The fraction of sp³-hybridized carbons (Fsp3) is 0.467. The third kappa shape index (κ3) is 4.57. The van der Waals surface area contributed by atoms with Crippen molar-refractivity contribution in [3.05, 3.63) is 29.8 Å². The Hall–Kier alpha value is -2.04. The Balaban J connectivity index is 2.51. The molecule has 0 unspecified atom stereocenters. The topological polar surface area (TPSA) is 75.4 Å². The number of amides is 2. The number of carbonyl (C=O) groups excluding carboxylic acids is 2. The summed E-state index contributed by atoms with van der Waals surface area (Å²) in [6.07, 6.45) is 0.965. The Kier molecular flexibility index (Phi) is 5.13. The summed E-state index contributed by atoms with van der Waals surface area (Å²) in [4.78, 5) is 24.9. The van der Waals surface area contributed by atoms with Crippen LogP contribution in [0.4, 0.5) is 5.69 Å². The monoisotopic (exact) mass is 277 g/mol. The van der Waals surface area contributed by atoms with E-state index >= 15 is 0 Å². The number of primary amides is 1. The second-order valence-electron chi connectivity index (χ2n) is 5.60. The van der Waals surface area contributed by atoms with E-state index < -0.39 is 11.4 Å². The zero-order valence-electron chi connectivity index (χ0n) is 12.6. The molecule has 2 amide bonds. The molecule has 0 spiro atoms. The highest BCUT2D eigenvalue weighted by Gasteiger charge is 2.26. The molecular weight excluding hydrogens is 254 g/mol. The number of nitrogens with one attached hydrogen (secondary N) is 1. The van der Waals surface area contributed by atoms with Crippen molar-refractivity contribution in [3.8, 4) is 0 Å². The molecule has 0 atom stereocenters. The number of rotatable bonds is 6. The van der Waals surface area contributed by atoms with Crippen molar-refractivity contribution in [2.24, 2.45) is 5.73 Å². The smallest absolute Gasteiger partial charge is 0.242 e. The Morgan fingerprint density at radius 2 is 1.75 bits per heavy atom. The van der Waals surface area contributed by atoms with E-state index in [1.165, 1.54) is 0 Å². The van der Waals surface area contributed by atoms with Gasteiger partial charge in [-0.1, -0.05) is 12.1 Å². The Bertz CT molecular complexity index is 478. The predicted molar refractivity (Wildman–Crippen MR) is 80.5 cm³/mol. The maximum atomic E-state index is 11.8. The number of hydrogen-bond donors (Lipinski definition) is 2. The lowest BCUT2D eigenvalue weighted by molar-refractivity contribution is -0.130. The van der Waals surface area contributed by atoms with Gasteiger partial charge in [-0.25, -0.2) is 0 Å². The molecule has 0 aliphatic rings. The van der Waals surface area contributed by atoms with E-state index in [0.717, 1.165) is 11.3 Å². The van der Waals surface area contributed by atoms with Gasteiger partial charge in [0.2, 0.25) is 11.8 Å². The van der Waals surface area contributed by atoms with E-state index in [4.69, 9.17) is 5.73 Å². The molecule has 20 heavy (non-hydrogen) atoms. The van der Waals surface area contributed by atoms with Crippen LogP contribution in [0.5, 0.6) is 0 Å². The van der Waals surface area contributed by atoms with Crippen LogP contribution < -0.4 is 16.0 Å². The van der Waals surface area contributed by atoms with Crippen molar-refractivity contribution in [2.75, 3.05) is 19.0 Å². The van der Waals surface area contributed by atoms with Gasteiger partial charge in [0.25, 0.3) is 0 Å². The van der Waals surface area contributed by atoms with Gasteiger partial charge in [0.05, 0.1) is 0 Å². The molecule has 3 N–H and O–H groups in total. The van der Waals surface area contributed by atoms with Crippen molar-refractivity contribution in [2.45, 2.75) is 32.2 Å². The normalized spacial score (nSPS) is 11.0. The molecule has 0 aliphatic heterocycles. The third-order valence-electron chi connectivity index (χ3n) is 3.16. The Morgan fingerprint density at radius 3 is 2.20 bits per heavy atom. The zero-order valence-corrected chi connectivity index (χ0v) is 12.6. The van der Waals surface area contributed by atoms with Crippen LogP contribution in [0.1, 0.15) is 25.8 Å². The van der Waals surface area contributed by atoms with Gasteiger partial charge < -0.3 is 16.0 Å². The quantitative estimate of drug-likeness (QED) is 0.816. The molecule has 0 aliphatic carbocycles. The fourth-order valence-electron chi connectivity index (χ4n) is 1.69. The summed E-state index contributed by atoms with van der Waals surface area (Å²) in [6.45, 7) is 3.19. The summed E-state index contributed by atoms with van der Waals surface area (Å²) in [5.74, 6) is -0.716. The van der Waals surface area contributed by atoms with E-state index in [1.807, 2.05) is 43.3 Å². The largest absolute Gasteiger partial charge is 0.378 e. The van der Waals surface area contributed by atoms with Crippen LogP contribution in [0.25, 0.3) is 0 Å². The second-order valence-corrected chi connectivity index (χ2v) is 5.60. The molecule has 5 nitrogen and oxygen atoms in total. The van der Waals surface area contributed by atoms with Crippen LogP contribution in [0.3, 0.4) is 0 Å². The first kappa shape index (κ1) is 16.0. The summed E-state index contributed by atoms with van der Waals surface area (Å²) in [5.41, 5.74) is 6.41. The lowest BCUT2D eigenvalue weighted by Crippen LogP contribution is -2.53. The first-order valence-electron chi connectivity index (χ1n) is 6.59. The maximum Gasteiger partial charge on any atom is 0.242 e. The Morgan fingerprint density at radius 1 is 1.20 bits per heavy atom. The molecule has 0 fully saturated rings. The first-order valence-corrected chi connectivity index (χ1v) is 6.59. The van der Waals surface area contributed by atoms with Gasteiger partial charge in [-0.3, -0.25) is 9.59 Å². The van der Waals surface area contributed by atoms with Gasteiger partial charge in [0, 0.05) is 26.2 Å². The minimum atomic E-state index is -1.01. The lowest BCUT2D eigenvalue weighted by Gasteiger charge is -2.22. The molecule has 0 heterocycles. The van der Waals surface area contributed by atoms with Gasteiger partial charge >= 0.3 is 0 Å². The number of benzene rings is 1. The number of nitrogens with zero attached hydrogens (tertiary/aromatic N) is 1. The van der Waals surface area contributed by atoms with Gasteiger partial charge in [-0.05, 0) is 38.0 Å². The SMILES string of the molecule is CN(C)c1ccc(CCC(=O)NC(C)(C)C(N)=O)cc1. The minimum absolute atomic E-state index is 0.175. The summed E-state index contributed by atoms with van der Waals surface area (Å²) in [5, 5.41) is 2.63. The lowest BCUT2D eigenvalue weighted by atomic mass is 10.0. The molecule has 0 saturated carbocycles. The summed E-state index contributed by atoms with van der Waals surface area (Å²) in [6, 6.07) is 8.03. The molecule has 1 rings (SSSR count). The standard InChI is InChI=1S/C15H23N3O2/c1-15(2,14(16)20)17-13(19)10-7-11-5-8-12(9-6-11)18(3)4/h5-6,8-9H,7,10H2,1-4H3,(H2,16,20)(H,17,19). The maximum absolute atomic E-state index is 11.8. The highest BCUT2D eigenvalue weighted by atomic mass is 16.2. The predicted octanol–water partition coefficient (Wildman–Crippen LogP) is 1.07. The average Bonchev–Trinajstić information content (AvgIpc) is 2.36. The molecule has 1 aromatic carbocycles. The number of carbonyl (C=O) groups is 2. The van der Waals surface area contributed by atoms with Crippen molar-refractivity contribution in [3.63, 3.8) is 0 Å². The van der Waals surface area contributed by atoms with E-state index in [9.17, 15) is 9.59 Å². The van der Waals surface area contributed by atoms with Crippen molar-refractivity contribution in [1.29, 1.82) is 0 Å². The first-order chi connectivity index (χ1) is 9.22. The van der Waals surface area contributed by atoms with Crippen LogP contribution in [0, 0.1) is 0 Å². The zero-order chi connectivity index (χ0) is 15.3. The van der Waals surface area contributed by atoms with Crippen LogP contribution in [-0.2, 0) is 16.0 Å². The summed E-state index contributed by atoms with van der Waals surface area (Å²) < 4.78 is 0. The number of hydrogen-bond acceptors (Lipinski definition) is 3. The van der Waals surface area contributed by atoms with E-state index in [1.54, 1.807) is 13.8 Å². The Labute approximate surface area is 120 Å². The number of nitrogens with two attached hydrogens (primary N) is 1. The van der Waals surface area contributed by atoms with Crippen molar-refractivity contribution < 1.29 is 9.59 Å². The highest BCUT2D eigenvalue weighted by Crippen LogP contribution is 2.13. The fourth-order valence-corrected chi connectivity index (χ4v) is 1.69. The van der Waals surface area contributed by atoms with E-state index in [-0.39, 0.29) is 5.91 Å². The van der Waals surface area contributed by atoms with Gasteiger partial charge in [0.1, 0.15) is 5.54 Å². The van der Waals surface area contributed by atoms with Crippen LogP contribution >= 0.6 is 0 Å². The molecule has 0 aromatic heterocycles. The highest BCUT2D eigenvalue weighted by molar-refractivity contribution is 5.89. The molecule has 1 aromatic rings. The van der Waals surface area contributed by atoms with Gasteiger partial charge in [0.15, 0.2) is 0 Å². The van der Waals surface area contributed by atoms with Gasteiger partial charge in [-0.2, -0.15) is 0 Å². The number of aryl methyl sites for hydroxylation is 1. The number of anilines is 1. The molecule has 0 saturated heterocycles. The van der Waals surface area contributed by atoms with Crippen molar-refractivity contribution in [1.82, 2.24) is 5.32 Å². The van der Waals surface area contributed by atoms with Crippen LogP contribution in [-0.4, -0.2) is 31.4 Å². The molecule has 110 valence electrons. The molecule has 0 bridgehead atoms. The summed E-state index contributed by atoms with van der Waals surface area (Å²) in [7, 11) is 3.96. The minimum Gasteiger partial charge on any atom is -0.378 e. The van der Waals surface area contributed by atoms with E-state index in [0.29, 0.717) is 12.8 Å².